The molecule has 4 heterocycles. The van der Waals surface area contributed by atoms with Crippen molar-refractivity contribution in [3.8, 4) is 28.4 Å². The minimum atomic E-state index is -2.98. The SMILES string of the molecule is CCOc1cc(N2CCC(CCS(C)(=O)=O)CC2)c(C)cc1Nc1nccc(-c2c(-c3cccc(C(=O)Nc4c(F)cccc4F)c3)nc3ccccn23)n1. The molecular weight excluding hydrogens is 725 g/mol. The van der Waals surface area contributed by atoms with Crippen LogP contribution in [0.1, 0.15) is 42.1 Å². The van der Waals surface area contributed by atoms with Gasteiger partial charge in [-0.25, -0.2) is 32.2 Å². The van der Waals surface area contributed by atoms with Crippen molar-refractivity contribution in [3.05, 3.63) is 114 Å². The van der Waals surface area contributed by atoms with E-state index in [9.17, 15) is 22.0 Å². The van der Waals surface area contributed by atoms with E-state index in [0.717, 1.165) is 49.3 Å². The number of carbonyl (C=O) groups is 1. The first-order chi connectivity index (χ1) is 26.5. The molecule has 0 spiro atoms. The van der Waals surface area contributed by atoms with Crippen molar-refractivity contribution in [1.82, 2.24) is 19.4 Å². The molecule has 55 heavy (non-hydrogen) atoms. The Morgan fingerprint density at radius 3 is 2.47 bits per heavy atom. The van der Waals surface area contributed by atoms with Gasteiger partial charge in [0.05, 0.1) is 35.1 Å². The summed E-state index contributed by atoms with van der Waals surface area (Å²) >= 11 is 0. The van der Waals surface area contributed by atoms with Crippen LogP contribution >= 0.6 is 0 Å². The molecule has 11 nitrogen and oxygen atoms in total. The normalized spacial score (nSPS) is 13.6. The highest BCUT2D eigenvalue weighted by molar-refractivity contribution is 7.90. The number of imidazole rings is 1. The number of hydrogen-bond acceptors (Lipinski definition) is 9. The number of aromatic nitrogens is 4. The van der Waals surface area contributed by atoms with Gasteiger partial charge in [0.2, 0.25) is 5.95 Å². The molecule has 1 fully saturated rings. The van der Waals surface area contributed by atoms with Gasteiger partial charge in [-0.1, -0.05) is 24.3 Å². The van der Waals surface area contributed by atoms with Crippen LogP contribution in [0.3, 0.4) is 0 Å². The fourth-order valence-corrected chi connectivity index (χ4v) is 7.72. The zero-order valence-corrected chi connectivity index (χ0v) is 31.5. The van der Waals surface area contributed by atoms with Crippen molar-refractivity contribution in [2.45, 2.75) is 33.1 Å². The molecule has 6 aromatic rings. The highest BCUT2D eigenvalue weighted by atomic mass is 32.2. The number of aryl methyl sites for hydroxylation is 1. The van der Waals surface area contributed by atoms with Crippen LogP contribution in [0.4, 0.5) is 31.8 Å². The largest absolute Gasteiger partial charge is 0.492 e. The molecule has 284 valence electrons. The second-order valence-electron chi connectivity index (χ2n) is 13.7. The zero-order valence-electron chi connectivity index (χ0n) is 30.7. The Kier molecular flexibility index (Phi) is 10.8. The topological polar surface area (TPSA) is 131 Å². The Balaban J connectivity index is 1.17. The zero-order chi connectivity index (χ0) is 38.7. The van der Waals surface area contributed by atoms with Gasteiger partial charge in [-0.15, -0.1) is 0 Å². The Morgan fingerprint density at radius 1 is 0.964 bits per heavy atom. The molecule has 0 bridgehead atoms. The summed E-state index contributed by atoms with van der Waals surface area (Å²) in [6, 6.07) is 21.5. The van der Waals surface area contributed by atoms with Crippen LogP contribution in [-0.2, 0) is 9.84 Å². The number of amides is 1. The second kappa shape index (κ2) is 15.8. The highest BCUT2D eigenvalue weighted by Crippen LogP contribution is 2.38. The summed E-state index contributed by atoms with van der Waals surface area (Å²) in [5.74, 6) is -0.838. The Morgan fingerprint density at radius 2 is 1.73 bits per heavy atom. The molecule has 1 aliphatic heterocycles. The molecule has 0 atom stereocenters. The van der Waals surface area contributed by atoms with E-state index >= 15 is 0 Å². The molecule has 1 saturated heterocycles. The van der Waals surface area contributed by atoms with Gasteiger partial charge >= 0.3 is 0 Å². The van der Waals surface area contributed by atoms with Crippen molar-refractivity contribution in [3.63, 3.8) is 0 Å². The smallest absolute Gasteiger partial charge is 0.255 e. The number of piperidine rings is 1. The number of pyridine rings is 1. The molecule has 14 heteroatoms. The van der Waals surface area contributed by atoms with Crippen molar-refractivity contribution >= 4 is 44.4 Å². The maximum Gasteiger partial charge on any atom is 0.255 e. The molecule has 0 saturated carbocycles. The van der Waals surface area contributed by atoms with E-state index in [1.54, 1.807) is 30.5 Å². The Hall–Kier alpha value is -5.89. The summed E-state index contributed by atoms with van der Waals surface area (Å²) < 4.78 is 60.1. The number of rotatable bonds is 12. The number of fused-ring (bicyclic) bond motifs is 1. The summed E-state index contributed by atoms with van der Waals surface area (Å²) in [5, 5.41) is 5.72. The number of anilines is 4. The number of sulfone groups is 1. The van der Waals surface area contributed by atoms with E-state index < -0.39 is 33.1 Å². The van der Waals surface area contributed by atoms with Crippen LogP contribution in [0, 0.1) is 24.5 Å². The van der Waals surface area contributed by atoms with Gasteiger partial charge in [0.25, 0.3) is 5.91 Å². The Labute approximate surface area is 318 Å². The van der Waals surface area contributed by atoms with Crippen LogP contribution in [-0.4, -0.2) is 65.4 Å². The molecule has 1 amide bonds. The predicted octanol–water partition coefficient (Wildman–Crippen LogP) is 8.09. The lowest BCUT2D eigenvalue weighted by molar-refractivity contribution is 0.102. The lowest BCUT2D eigenvalue weighted by atomic mass is 9.93. The maximum absolute atomic E-state index is 14.3. The van der Waals surface area contributed by atoms with E-state index in [2.05, 4.69) is 27.4 Å². The van der Waals surface area contributed by atoms with Crippen molar-refractivity contribution in [2.24, 2.45) is 5.92 Å². The van der Waals surface area contributed by atoms with Gasteiger partial charge < -0.3 is 20.3 Å². The predicted molar refractivity (Wildman–Crippen MR) is 211 cm³/mol. The van der Waals surface area contributed by atoms with Gasteiger partial charge in [0.1, 0.15) is 38.6 Å². The first kappa shape index (κ1) is 37.4. The third-order valence-corrected chi connectivity index (χ3v) is 10.7. The van der Waals surface area contributed by atoms with Crippen LogP contribution < -0.4 is 20.3 Å². The molecule has 7 rings (SSSR count). The minimum absolute atomic E-state index is 0.187. The molecular formula is C41H41F2N7O4S. The molecule has 1 aliphatic rings. The quantitative estimate of drug-likeness (QED) is 0.127. The van der Waals surface area contributed by atoms with Crippen LogP contribution in [0.15, 0.2) is 91.3 Å². The number of halogens is 2. The van der Waals surface area contributed by atoms with E-state index in [4.69, 9.17) is 14.7 Å². The standard InChI is InChI=1S/C41H41F2N7O4S/c1-4-54-35-25-34(49-20-15-27(16-21-49)17-22-55(3,52)53)26(2)23-33(35)46-41-44-18-14-32(45-41)39-37(47-36-13-5-6-19-50(36)39)28-9-7-10-29(24-28)40(51)48-38-30(42)11-8-12-31(38)43/h5-14,18-19,23-25,27H,4,15-17,20-22H2,1-3H3,(H,48,51)(H,44,45,46). The number of benzene rings is 3. The number of carbonyl (C=O) groups excluding carboxylic acids is 1. The van der Waals surface area contributed by atoms with Gasteiger partial charge in [-0.05, 0) is 93.1 Å². The summed E-state index contributed by atoms with van der Waals surface area (Å²) in [5.41, 5.74) is 5.46. The van der Waals surface area contributed by atoms with E-state index in [1.165, 1.54) is 12.3 Å². The summed E-state index contributed by atoms with van der Waals surface area (Å²) in [4.78, 5) is 29.9. The van der Waals surface area contributed by atoms with E-state index in [1.807, 2.05) is 53.9 Å². The third-order valence-electron chi connectivity index (χ3n) is 9.72. The average molecular weight is 766 g/mol. The third kappa shape index (κ3) is 8.44. The van der Waals surface area contributed by atoms with Crippen molar-refractivity contribution in [1.29, 1.82) is 0 Å². The average Bonchev–Trinajstić information content (AvgIpc) is 3.57. The number of hydrogen-bond donors (Lipinski definition) is 2. The Bertz CT molecular complexity index is 2460. The van der Waals surface area contributed by atoms with Crippen LogP contribution in [0.5, 0.6) is 5.75 Å². The van der Waals surface area contributed by atoms with Crippen LogP contribution in [0.2, 0.25) is 0 Å². The van der Waals surface area contributed by atoms with Crippen molar-refractivity contribution < 1.29 is 26.7 Å². The molecule has 3 aromatic carbocycles. The van der Waals surface area contributed by atoms with Crippen LogP contribution in [0.25, 0.3) is 28.3 Å². The first-order valence-corrected chi connectivity index (χ1v) is 20.2. The summed E-state index contributed by atoms with van der Waals surface area (Å²) in [6.45, 7) is 6.09. The second-order valence-corrected chi connectivity index (χ2v) is 15.9. The number of nitrogens with zero attached hydrogens (tertiary/aromatic N) is 5. The fourth-order valence-electron chi connectivity index (χ4n) is 6.96. The molecule has 0 aliphatic carbocycles. The molecule has 0 radical (unpaired) electrons. The number of ether oxygens (including phenoxy) is 1. The lowest BCUT2D eigenvalue weighted by Crippen LogP contribution is -2.34. The van der Waals surface area contributed by atoms with Gasteiger partial charge in [-0.3, -0.25) is 9.20 Å². The number of nitrogens with one attached hydrogen (secondary N) is 2. The van der Waals surface area contributed by atoms with Gasteiger partial charge in [0, 0.05) is 54.6 Å². The summed E-state index contributed by atoms with van der Waals surface area (Å²) in [6.07, 6.45) is 7.36. The molecule has 2 N–H and O–H groups in total. The number of para-hydroxylation sites is 1. The highest BCUT2D eigenvalue weighted by Gasteiger charge is 2.24. The molecule has 0 unspecified atom stereocenters. The van der Waals surface area contributed by atoms with Gasteiger partial charge in [-0.2, -0.15) is 0 Å². The monoisotopic (exact) mass is 765 g/mol. The minimum Gasteiger partial charge on any atom is -0.492 e. The molecule has 3 aromatic heterocycles. The fraction of sp³-hybridized carbons (Fsp3) is 0.268. The van der Waals surface area contributed by atoms with E-state index in [-0.39, 0.29) is 11.3 Å². The maximum atomic E-state index is 14.3. The van der Waals surface area contributed by atoms with Gasteiger partial charge in [0.15, 0.2) is 0 Å². The van der Waals surface area contributed by atoms with Crippen molar-refractivity contribution in [2.75, 3.05) is 47.2 Å². The lowest BCUT2D eigenvalue weighted by Gasteiger charge is -2.35. The summed E-state index contributed by atoms with van der Waals surface area (Å²) in [7, 11) is -2.98. The van der Waals surface area contributed by atoms with E-state index in [0.29, 0.717) is 64.6 Å². The first-order valence-electron chi connectivity index (χ1n) is 18.1.